The average molecular weight is 430 g/mol. The van der Waals surface area contributed by atoms with Gasteiger partial charge in [0.2, 0.25) is 0 Å². The number of fused-ring (bicyclic) bond motifs is 1. The summed E-state index contributed by atoms with van der Waals surface area (Å²) in [5.41, 5.74) is 2.45. The zero-order valence-corrected chi connectivity index (χ0v) is 17.1. The Kier molecular flexibility index (Phi) is 5.51. The van der Waals surface area contributed by atoms with Crippen LogP contribution in [-0.4, -0.2) is 24.5 Å². The first kappa shape index (κ1) is 20.3. The third-order valence-electron chi connectivity index (χ3n) is 4.66. The standard InChI is InChI=1S/C24H18N2O4S/c27-23(28)16-21(17-7-2-1-3-8-17)19-10-4-12-20(15-19)26-31(29,30)22-13-5-9-18-11-6-14-25-24(18)22/h1-16,26H,(H,27,28)/b21-16-. The minimum absolute atomic E-state index is 0.0698. The van der Waals surface area contributed by atoms with Gasteiger partial charge in [0, 0.05) is 23.3 Å². The van der Waals surface area contributed by atoms with Crippen LogP contribution in [0.5, 0.6) is 0 Å². The highest BCUT2D eigenvalue weighted by molar-refractivity contribution is 7.93. The molecule has 0 spiro atoms. The molecule has 1 aromatic heterocycles. The second kappa shape index (κ2) is 8.41. The molecule has 0 aliphatic heterocycles. The molecule has 7 heteroatoms. The Balaban J connectivity index is 1.74. The largest absolute Gasteiger partial charge is 0.478 e. The number of hydrogen-bond acceptors (Lipinski definition) is 4. The first-order valence-corrected chi connectivity index (χ1v) is 10.9. The monoisotopic (exact) mass is 430 g/mol. The molecule has 1 heterocycles. The van der Waals surface area contributed by atoms with E-state index in [1.54, 1.807) is 66.9 Å². The molecule has 0 saturated heterocycles. The van der Waals surface area contributed by atoms with E-state index >= 15 is 0 Å². The predicted octanol–water partition coefficient (Wildman–Crippen LogP) is 4.55. The van der Waals surface area contributed by atoms with Crippen LogP contribution >= 0.6 is 0 Å². The molecule has 0 aliphatic carbocycles. The maximum atomic E-state index is 13.1. The van der Waals surface area contributed by atoms with Gasteiger partial charge in [-0.1, -0.05) is 60.7 Å². The summed E-state index contributed by atoms with van der Waals surface area (Å²) >= 11 is 0. The summed E-state index contributed by atoms with van der Waals surface area (Å²) in [5.74, 6) is -1.09. The van der Waals surface area contributed by atoms with Crippen LogP contribution in [0.15, 0.2) is 102 Å². The summed E-state index contributed by atoms with van der Waals surface area (Å²) < 4.78 is 28.8. The van der Waals surface area contributed by atoms with Gasteiger partial charge >= 0.3 is 5.97 Å². The lowest BCUT2D eigenvalue weighted by molar-refractivity contribution is -0.131. The molecular formula is C24H18N2O4S. The smallest absolute Gasteiger partial charge is 0.328 e. The number of aromatic nitrogens is 1. The molecule has 0 radical (unpaired) electrons. The Labute approximate surface area is 179 Å². The Hall–Kier alpha value is -3.97. The van der Waals surface area contributed by atoms with Crippen molar-refractivity contribution in [3.63, 3.8) is 0 Å². The third-order valence-corrected chi connectivity index (χ3v) is 6.08. The maximum absolute atomic E-state index is 13.1. The number of aliphatic carboxylic acids is 1. The van der Waals surface area contributed by atoms with E-state index in [9.17, 15) is 18.3 Å². The van der Waals surface area contributed by atoms with Crippen molar-refractivity contribution in [3.8, 4) is 0 Å². The van der Waals surface area contributed by atoms with Crippen LogP contribution in [0.2, 0.25) is 0 Å². The first-order chi connectivity index (χ1) is 14.9. The Morgan fingerprint density at radius 3 is 2.35 bits per heavy atom. The molecule has 0 fully saturated rings. The highest BCUT2D eigenvalue weighted by Gasteiger charge is 2.19. The van der Waals surface area contributed by atoms with E-state index in [2.05, 4.69) is 9.71 Å². The summed E-state index contributed by atoms with van der Waals surface area (Å²) in [5, 5.41) is 10.0. The number of benzene rings is 3. The van der Waals surface area contributed by atoms with Crippen LogP contribution < -0.4 is 4.72 Å². The number of pyridine rings is 1. The van der Waals surface area contributed by atoms with E-state index in [4.69, 9.17) is 0 Å². The molecule has 2 N–H and O–H groups in total. The number of hydrogen-bond donors (Lipinski definition) is 2. The van der Waals surface area contributed by atoms with E-state index in [0.29, 0.717) is 27.9 Å². The summed E-state index contributed by atoms with van der Waals surface area (Å²) in [6.07, 6.45) is 2.66. The number of sulfonamides is 1. The van der Waals surface area contributed by atoms with E-state index in [-0.39, 0.29) is 4.90 Å². The van der Waals surface area contributed by atoms with Crippen molar-refractivity contribution in [2.24, 2.45) is 0 Å². The van der Waals surface area contributed by atoms with Crippen molar-refractivity contribution in [2.45, 2.75) is 4.90 Å². The second-order valence-electron chi connectivity index (χ2n) is 6.78. The van der Waals surface area contributed by atoms with Gasteiger partial charge in [0.25, 0.3) is 10.0 Å². The van der Waals surface area contributed by atoms with Gasteiger partial charge in [0.15, 0.2) is 0 Å². The summed E-state index contributed by atoms with van der Waals surface area (Å²) in [7, 11) is -3.92. The Bertz CT molecular complexity index is 1390. The number of nitrogens with zero attached hydrogens (tertiary/aromatic N) is 1. The summed E-state index contributed by atoms with van der Waals surface area (Å²) in [6.45, 7) is 0. The van der Waals surface area contributed by atoms with Gasteiger partial charge < -0.3 is 5.11 Å². The quantitative estimate of drug-likeness (QED) is 0.438. The third kappa shape index (κ3) is 4.46. The van der Waals surface area contributed by atoms with Crippen LogP contribution in [-0.2, 0) is 14.8 Å². The molecule has 6 nitrogen and oxygen atoms in total. The van der Waals surface area contributed by atoms with E-state index in [0.717, 1.165) is 11.5 Å². The van der Waals surface area contributed by atoms with Gasteiger partial charge in [-0.15, -0.1) is 0 Å². The SMILES string of the molecule is O=C(O)/C=C(/c1ccccc1)c1cccc(NS(=O)(=O)c2cccc3cccnc23)c1. The molecule has 0 aliphatic rings. The highest BCUT2D eigenvalue weighted by Crippen LogP contribution is 2.28. The second-order valence-corrected chi connectivity index (χ2v) is 8.43. The lowest BCUT2D eigenvalue weighted by Gasteiger charge is -2.13. The summed E-state index contributed by atoms with van der Waals surface area (Å²) in [4.78, 5) is 15.7. The minimum Gasteiger partial charge on any atom is -0.478 e. The van der Waals surface area contributed by atoms with Crippen LogP contribution in [0.4, 0.5) is 5.69 Å². The van der Waals surface area contributed by atoms with E-state index in [1.165, 1.54) is 6.07 Å². The number of carboxylic acid groups (broad SMARTS) is 1. The zero-order chi connectivity index (χ0) is 21.8. The average Bonchev–Trinajstić information content (AvgIpc) is 2.77. The zero-order valence-electron chi connectivity index (χ0n) is 16.3. The molecule has 3 aromatic carbocycles. The maximum Gasteiger partial charge on any atom is 0.328 e. The van der Waals surface area contributed by atoms with Gasteiger partial charge in [-0.25, -0.2) is 13.2 Å². The molecule has 0 atom stereocenters. The number of carboxylic acids is 1. The van der Waals surface area contributed by atoms with Crippen molar-refractivity contribution in [1.82, 2.24) is 4.98 Å². The number of para-hydroxylation sites is 1. The molecule has 0 amide bonds. The number of carbonyl (C=O) groups is 1. The van der Waals surface area contributed by atoms with E-state index in [1.807, 2.05) is 18.2 Å². The normalized spacial score (nSPS) is 11.9. The fourth-order valence-electron chi connectivity index (χ4n) is 3.33. The van der Waals surface area contributed by atoms with Gasteiger partial charge in [0.1, 0.15) is 4.90 Å². The van der Waals surface area contributed by atoms with Crippen LogP contribution in [0.1, 0.15) is 11.1 Å². The van der Waals surface area contributed by atoms with Crippen LogP contribution in [0.3, 0.4) is 0 Å². The van der Waals surface area contributed by atoms with Crippen LogP contribution in [0, 0.1) is 0 Å². The van der Waals surface area contributed by atoms with Gasteiger partial charge in [0.05, 0.1) is 5.52 Å². The van der Waals surface area contributed by atoms with Crippen LogP contribution in [0.25, 0.3) is 16.5 Å². The molecule has 4 aromatic rings. The molecule has 4 rings (SSSR count). The fraction of sp³-hybridized carbons (Fsp3) is 0. The summed E-state index contributed by atoms with van der Waals surface area (Å²) in [6, 6.07) is 24.2. The molecule has 154 valence electrons. The minimum atomic E-state index is -3.92. The molecule has 0 saturated carbocycles. The van der Waals surface area contributed by atoms with Gasteiger partial charge in [-0.3, -0.25) is 9.71 Å². The predicted molar refractivity (Wildman–Crippen MR) is 120 cm³/mol. The molecular weight excluding hydrogens is 412 g/mol. The highest BCUT2D eigenvalue weighted by atomic mass is 32.2. The number of rotatable bonds is 6. The molecule has 0 bridgehead atoms. The lowest BCUT2D eigenvalue weighted by atomic mass is 9.97. The lowest BCUT2D eigenvalue weighted by Crippen LogP contribution is -2.14. The number of nitrogens with one attached hydrogen (secondary N) is 1. The van der Waals surface area contributed by atoms with Crippen molar-refractivity contribution in [3.05, 3.63) is 108 Å². The van der Waals surface area contributed by atoms with Crippen molar-refractivity contribution < 1.29 is 18.3 Å². The van der Waals surface area contributed by atoms with Crippen molar-refractivity contribution in [1.29, 1.82) is 0 Å². The van der Waals surface area contributed by atoms with Gasteiger partial charge in [-0.2, -0.15) is 0 Å². The fourth-order valence-corrected chi connectivity index (χ4v) is 4.56. The number of anilines is 1. The first-order valence-electron chi connectivity index (χ1n) is 9.41. The Morgan fingerprint density at radius 1 is 0.871 bits per heavy atom. The van der Waals surface area contributed by atoms with Crippen molar-refractivity contribution >= 4 is 38.2 Å². The van der Waals surface area contributed by atoms with Crippen molar-refractivity contribution in [2.75, 3.05) is 4.72 Å². The Morgan fingerprint density at radius 2 is 1.58 bits per heavy atom. The molecule has 0 unspecified atom stereocenters. The topological polar surface area (TPSA) is 96.4 Å². The van der Waals surface area contributed by atoms with E-state index < -0.39 is 16.0 Å². The molecule has 31 heavy (non-hydrogen) atoms. The van der Waals surface area contributed by atoms with Gasteiger partial charge in [-0.05, 0) is 41.0 Å².